The standard InChI is InChI=1S/C19H25N5O3/c1-27-9-8-20-10-12-2-4-13(5-3-12)24-16-14-6-7-21-17(14)22-11-15(16)18(25)23-19(24)26/h6-7,11-13,20H,2-5,8-10H2,1H3,(H,21,22)(H,23,25,26)/t12-,13-. The lowest BCUT2D eigenvalue weighted by molar-refractivity contribution is 0.194. The van der Waals surface area contributed by atoms with Crippen LogP contribution >= 0.6 is 0 Å². The highest BCUT2D eigenvalue weighted by Crippen LogP contribution is 2.33. The molecule has 3 N–H and O–H groups in total. The lowest BCUT2D eigenvalue weighted by atomic mass is 9.85. The molecule has 144 valence electrons. The summed E-state index contributed by atoms with van der Waals surface area (Å²) in [5.41, 5.74) is 0.676. The molecule has 3 heterocycles. The number of hydrogen-bond acceptors (Lipinski definition) is 5. The predicted octanol–water partition coefficient (Wildman–Crippen LogP) is 1.53. The number of hydrogen-bond donors (Lipinski definition) is 3. The Morgan fingerprint density at radius 2 is 2.07 bits per heavy atom. The Morgan fingerprint density at radius 1 is 1.26 bits per heavy atom. The average molecular weight is 371 g/mol. The van der Waals surface area contributed by atoms with Gasteiger partial charge in [0.1, 0.15) is 5.65 Å². The minimum Gasteiger partial charge on any atom is -0.383 e. The van der Waals surface area contributed by atoms with Crippen LogP contribution in [0.1, 0.15) is 31.7 Å². The van der Waals surface area contributed by atoms with E-state index in [4.69, 9.17) is 4.74 Å². The number of methoxy groups -OCH3 is 1. The number of aromatic amines is 2. The van der Waals surface area contributed by atoms with E-state index < -0.39 is 0 Å². The molecule has 4 rings (SSSR count). The molecule has 0 aliphatic heterocycles. The van der Waals surface area contributed by atoms with Gasteiger partial charge in [-0.25, -0.2) is 9.78 Å². The second-order valence-electron chi connectivity index (χ2n) is 7.26. The van der Waals surface area contributed by atoms with Crippen LogP contribution in [0.4, 0.5) is 0 Å². The second kappa shape index (κ2) is 7.66. The molecule has 0 bridgehead atoms. The zero-order valence-corrected chi connectivity index (χ0v) is 15.5. The van der Waals surface area contributed by atoms with Gasteiger partial charge in [0.2, 0.25) is 0 Å². The molecule has 0 unspecified atom stereocenters. The molecule has 0 radical (unpaired) electrons. The van der Waals surface area contributed by atoms with Crippen LogP contribution in [0.15, 0.2) is 28.0 Å². The third kappa shape index (κ3) is 3.42. The molecule has 3 aromatic heterocycles. The lowest BCUT2D eigenvalue weighted by Crippen LogP contribution is -2.36. The molecular weight excluding hydrogens is 346 g/mol. The molecule has 3 aromatic rings. The van der Waals surface area contributed by atoms with E-state index >= 15 is 0 Å². The van der Waals surface area contributed by atoms with Gasteiger partial charge in [0, 0.05) is 37.5 Å². The minimum atomic E-state index is -0.377. The minimum absolute atomic E-state index is 0.0903. The van der Waals surface area contributed by atoms with E-state index in [2.05, 4.69) is 20.3 Å². The van der Waals surface area contributed by atoms with Gasteiger partial charge in [-0.05, 0) is 44.2 Å². The fraction of sp³-hybridized carbons (Fsp3) is 0.526. The Bertz CT molecular complexity index is 1040. The van der Waals surface area contributed by atoms with Crippen molar-refractivity contribution in [3.8, 4) is 0 Å². The van der Waals surface area contributed by atoms with Gasteiger partial charge in [0.05, 0.1) is 17.5 Å². The van der Waals surface area contributed by atoms with E-state index in [0.717, 1.165) is 50.8 Å². The average Bonchev–Trinajstić information content (AvgIpc) is 3.15. The normalized spacial score (nSPS) is 20.5. The Labute approximate surface area is 156 Å². The Kier molecular flexibility index (Phi) is 5.09. The summed E-state index contributed by atoms with van der Waals surface area (Å²) >= 11 is 0. The Hall–Kier alpha value is -2.45. The summed E-state index contributed by atoms with van der Waals surface area (Å²) in [6, 6.07) is 1.97. The number of nitrogens with zero attached hydrogens (tertiary/aromatic N) is 2. The van der Waals surface area contributed by atoms with Crippen LogP contribution in [0.25, 0.3) is 21.9 Å². The molecule has 1 saturated carbocycles. The van der Waals surface area contributed by atoms with Crippen molar-refractivity contribution >= 4 is 21.9 Å². The Balaban J connectivity index is 1.62. The number of pyridine rings is 1. The zero-order valence-electron chi connectivity index (χ0n) is 15.5. The monoisotopic (exact) mass is 371 g/mol. The zero-order chi connectivity index (χ0) is 18.8. The quantitative estimate of drug-likeness (QED) is 0.570. The fourth-order valence-corrected chi connectivity index (χ4v) is 4.18. The summed E-state index contributed by atoms with van der Waals surface area (Å²) in [5.74, 6) is 0.608. The highest BCUT2D eigenvalue weighted by atomic mass is 16.5. The molecule has 0 amide bonds. The van der Waals surface area contributed by atoms with Gasteiger partial charge in [-0.2, -0.15) is 0 Å². The van der Waals surface area contributed by atoms with E-state index in [-0.39, 0.29) is 17.3 Å². The number of aromatic nitrogens is 4. The van der Waals surface area contributed by atoms with Crippen molar-refractivity contribution in [3.63, 3.8) is 0 Å². The number of nitrogens with one attached hydrogen (secondary N) is 3. The summed E-state index contributed by atoms with van der Waals surface area (Å²) in [4.78, 5) is 34.8. The molecule has 0 spiro atoms. The molecule has 0 saturated heterocycles. The first-order valence-electron chi connectivity index (χ1n) is 9.49. The molecule has 1 fully saturated rings. The van der Waals surface area contributed by atoms with Gasteiger partial charge in [0.15, 0.2) is 0 Å². The molecular formula is C19H25N5O3. The number of fused-ring (bicyclic) bond motifs is 3. The van der Waals surface area contributed by atoms with Gasteiger partial charge in [-0.3, -0.25) is 14.3 Å². The molecule has 27 heavy (non-hydrogen) atoms. The van der Waals surface area contributed by atoms with Crippen molar-refractivity contribution in [1.82, 2.24) is 24.8 Å². The van der Waals surface area contributed by atoms with Crippen molar-refractivity contribution < 1.29 is 4.74 Å². The topological polar surface area (TPSA) is 105 Å². The molecule has 1 aliphatic carbocycles. The summed E-state index contributed by atoms with van der Waals surface area (Å²) in [6.45, 7) is 2.55. The van der Waals surface area contributed by atoms with Gasteiger partial charge in [0.25, 0.3) is 5.56 Å². The smallest absolute Gasteiger partial charge is 0.329 e. The molecule has 0 atom stereocenters. The third-order valence-electron chi connectivity index (χ3n) is 5.58. The molecule has 8 heteroatoms. The van der Waals surface area contributed by atoms with Gasteiger partial charge < -0.3 is 15.0 Å². The van der Waals surface area contributed by atoms with Crippen LogP contribution in [0.5, 0.6) is 0 Å². The van der Waals surface area contributed by atoms with Crippen molar-refractivity contribution in [3.05, 3.63) is 39.3 Å². The maximum Gasteiger partial charge on any atom is 0.329 e. The van der Waals surface area contributed by atoms with Crippen LogP contribution < -0.4 is 16.6 Å². The second-order valence-corrected chi connectivity index (χ2v) is 7.26. The van der Waals surface area contributed by atoms with Gasteiger partial charge in [-0.1, -0.05) is 0 Å². The number of H-pyrrole nitrogens is 2. The fourth-order valence-electron chi connectivity index (χ4n) is 4.18. The van der Waals surface area contributed by atoms with E-state index in [1.54, 1.807) is 24.1 Å². The Morgan fingerprint density at radius 3 is 2.85 bits per heavy atom. The van der Waals surface area contributed by atoms with E-state index in [1.165, 1.54) is 0 Å². The largest absolute Gasteiger partial charge is 0.383 e. The number of rotatable bonds is 6. The summed E-state index contributed by atoms with van der Waals surface area (Å²) in [6.07, 6.45) is 7.29. The summed E-state index contributed by atoms with van der Waals surface area (Å²) in [5, 5.41) is 4.71. The molecule has 0 aromatic carbocycles. The van der Waals surface area contributed by atoms with Crippen LogP contribution in [0, 0.1) is 5.92 Å². The van der Waals surface area contributed by atoms with E-state index in [0.29, 0.717) is 22.5 Å². The van der Waals surface area contributed by atoms with Crippen LogP contribution in [0.2, 0.25) is 0 Å². The molecule has 8 nitrogen and oxygen atoms in total. The van der Waals surface area contributed by atoms with E-state index in [9.17, 15) is 9.59 Å². The van der Waals surface area contributed by atoms with E-state index in [1.807, 2.05) is 6.07 Å². The maximum absolute atomic E-state index is 12.7. The lowest BCUT2D eigenvalue weighted by Gasteiger charge is -2.30. The van der Waals surface area contributed by atoms with Gasteiger partial charge >= 0.3 is 5.69 Å². The van der Waals surface area contributed by atoms with Crippen LogP contribution in [0.3, 0.4) is 0 Å². The summed E-state index contributed by atoms with van der Waals surface area (Å²) in [7, 11) is 1.70. The maximum atomic E-state index is 12.7. The third-order valence-corrected chi connectivity index (χ3v) is 5.58. The summed E-state index contributed by atoms with van der Waals surface area (Å²) < 4.78 is 6.84. The highest BCUT2D eigenvalue weighted by Gasteiger charge is 2.25. The molecule has 1 aliphatic rings. The number of ether oxygens (including phenoxy) is 1. The van der Waals surface area contributed by atoms with Crippen molar-refractivity contribution in [2.75, 3.05) is 26.8 Å². The predicted molar refractivity (Wildman–Crippen MR) is 104 cm³/mol. The van der Waals surface area contributed by atoms with Gasteiger partial charge in [-0.15, -0.1) is 0 Å². The first-order chi connectivity index (χ1) is 13.2. The first-order valence-corrected chi connectivity index (χ1v) is 9.49. The van der Waals surface area contributed by atoms with Crippen molar-refractivity contribution in [1.29, 1.82) is 0 Å². The van der Waals surface area contributed by atoms with Crippen molar-refractivity contribution in [2.24, 2.45) is 5.92 Å². The van der Waals surface area contributed by atoms with Crippen LogP contribution in [-0.2, 0) is 4.74 Å². The van der Waals surface area contributed by atoms with Crippen LogP contribution in [-0.4, -0.2) is 46.3 Å². The van der Waals surface area contributed by atoms with Crippen molar-refractivity contribution in [2.45, 2.75) is 31.7 Å². The first kappa shape index (κ1) is 17.9. The SMILES string of the molecule is COCCNC[C@H]1CC[C@H](n2c(=O)[nH]c(=O)c3cnc4[nH]ccc4c32)CC1. The highest BCUT2D eigenvalue weighted by molar-refractivity contribution is 6.01.